The Hall–Kier alpha value is -1.08. The Morgan fingerprint density at radius 1 is 1.15 bits per heavy atom. The van der Waals surface area contributed by atoms with Gasteiger partial charge in [0.2, 0.25) is 0 Å². The number of benzene rings is 1. The molecule has 0 spiro atoms. The molecular weight excluding hydrogens is 184 g/mol. The monoisotopic (exact) mass is 193 g/mol. The van der Waals surface area contributed by atoms with E-state index in [0.29, 0.717) is 0 Å². The Balaban J connectivity index is 2.81. The number of hydrogen-bond donors (Lipinski definition) is 0. The Morgan fingerprint density at radius 2 is 1.92 bits per heavy atom. The molecule has 0 atom stereocenters. The first-order valence-corrected chi connectivity index (χ1v) is 4.54. The number of hydrogen-bond acceptors (Lipinski definition) is 0. The Bertz CT molecular complexity index is 463. The van der Waals surface area contributed by atoms with E-state index in [-0.39, 0.29) is 0 Å². The fraction of sp³-hybridized carbons (Fsp3) is 0.182. The second kappa shape index (κ2) is 3.00. The van der Waals surface area contributed by atoms with Gasteiger partial charge in [0, 0.05) is 16.7 Å². The van der Waals surface area contributed by atoms with Crippen LogP contribution in [0, 0.1) is 13.8 Å². The number of aryl methyl sites for hydroxylation is 2. The smallest absolute Gasteiger partial charge is 0.212 e. The van der Waals surface area contributed by atoms with Crippen LogP contribution in [0.25, 0.3) is 11.0 Å². The molecule has 1 aromatic carbocycles. The third-order valence-electron chi connectivity index (χ3n) is 2.16. The van der Waals surface area contributed by atoms with Crippen molar-refractivity contribution in [1.29, 1.82) is 0 Å². The second-order valence-electron chi connectivity index (χ2n) is 3.17. The van der Waals surface area contributed by atoms with Gasteiger partial charge in [-0.05, 0) is 25.1 Å². The maximum atomic E-state index is 5.87. The molecule has 13 heavy (non-hydrogen) atoms. The molecule has 1 nitrogen and oxygen atoms in total. The van der Waals surface area contributed by atoms with Crippen LogP contribution in [-0.2, 0) is 0 Å². The summed E-state index contributed by atoms with van der Waals surface area (Å²) >= 11 is 5.87. The van der Waals surface area contributed by atoms with E-state index in [9.17, 15) is 0 Å². The summed E-state index contributed by atoms with van der Waals surface area (Å²) in [4.78, 5) is 0. The zero-order valence-corrected chi connectivity index (χ0v) is 8.35. The van der Waals surface area contributed by atoms with Crippen molar-refractivity contribution < 1.29 is 4.42 Å². The van der Waals surface area contributed by atoms with E-state index >= 15 is 0 Å². The highest BCUT2D eigenvalue weighted by Crippen LogP contribution is 2.22. The largest absolute Gasteiger partial charge is 0.360 e. The van der Waals surface area contributed by atoms with E-state index in [2.05, 4.69) is 6.07 Å². The van der Waals surface area contributed by atoms with Crippen molar-refractivity contribution in [3.63, 3.8) is 0 Å². The van der Waals surface area contributed by atoms with E-state index in [4.69, 9.17) is 16.0 Å². The van der Waals surface area contributed by atoms with Gasteiger partial charge < -0.3 is 0 Å². The number of halogens is 1. The lowest BCUT2D eigenvalue weighted by Crippen LogP contribution is -1.81. The molecule has 66 valence electrons. The number of fused-ring (bicyclic) bond motifs is 1. The standard InChI is InChI=1S/C11H10ClO/c1-7-5-9-6-10(12)3-4-11(9)13-8(7)2/h3-6H,1-2H3/q+1. The van der Waals surface area contributed by atoms with Gasteiger partial charge in [-0.3, -0.25) is 0 Å². The van der Waals surface area contributed by atoms with Crippen molar-refractivity contribution in [2.45, 2.75) is 13.8 Å². The molecule has 2 aromatic rings. The molecule has 0 aliphatic rings. The van der Waals surface area contributed by atoms with Crippen LogP contribution in [-0.4, -0.2) is 0 Å². The SMILES string of the molecule is Cc1cc2cc(Cl)ccc2[o+]c1C. The van der Waals surface area contributed by atoms with E-state index in [1.165, 1.54) is 0 Å². The first kappa shape index (κ1) is 8.52. The van der Waals surface area contributed by atoms with Gasteiger partial charge in [-0.1, -0.05) is 11.6 Å². The number of rotatable bonds is 0. The topological polar surface area (TPSA) is 11.3 Å². The van der Waals surface area contributed by atoms with E-state index in [1.807, 2.05) is 32.0 Å². The Labute approximate surface area is 82.0 Å². The lowest BCUT2D eigenvalue weighted by atomic mass is 10.1. The average Bonchev–Trinajstić information content (AvgIpc) is 2.08. The zero-order chi connectivity index (χ0) is 9.42. The summed E-state index contributed by atoms with van der Waals surface area (Å²) in [7, 11) is 0. The van der Waals surface area contributed by atoms with Crippen molar-refractivity contribution in [3.8, 4) is 0 Å². The minimum Gasteiger partial charge on any atom is -0.212 e. The van der Waals surface area contributed by atoms with Crippen molar-refractivity contribution in [2.75, 3.05) is 0 Å². The highest BCUT2D eigenvalue weighted by atomic mass is 35.5. The minimum atomic E-state index is 0.742. The quantitative estimate of drug-likeness (QED) is 0.576. The summed E-state index contributed by atoms with van der Waals surface area (Å²) in [6, 6.07) is 7.72. The Kier molecular flexibility index (Phi) is 1.97. The molecule has 0 saturated carbocycles. The average molecular weight is 194 g/mol. The molecule has 0 fully saturated rings. The normalized spacial score (nSPS) is 10.7. The third kappa shape index (κ3) is 1.52. The van der Waals surface area contributed by atoms with Gasteiger partial charge >= 0.3 is 11.3 Å². The molecule has 0 aliphatic carbocycles. The first-order valence-electron chi connectivity index (χ1n) is 4.16. The predicted molar refractivity (Wildman–Crippen MR) is 55.1 cm³/mol. The van der Waals surface area contributed by atoms with Gasteiger partial charge in [0.05, 0.1) is 12.3 Å². The summed E-state index contributed by atoms with van der Waals surface area (Å²) in [5.74, 6) is 0.954. The van der Waals surface area contributed by atoms with Gasteiger partial charge in [0.15, 0.2) is 0 Å². The van der Waals surface area contributed by atoms with E-state index in [0.717, 1.165) is 27.3 Å². The van der Waals surface area contributed by atoms with Crippen molar-refractivity contribution in [1.82, 2.24) is 0 Å². The lowest BCUT2D eigenvalue weighted by molar-refractivity contribution is 0.560. The molecule has 0 aliphatic heterocycles. The Morgan fingerprint density at radius 3 is 2.69 bits per heavy atom. The lowest BCUT2D eigenvalue weighted by Gasteiger charge is -1.92. The van der Waals surface area contributed by atoms with Gasteiger partial charge in [-0.15, -0.1) is 0 Å². The fourth-order valence-electron chi connectivity index (χ4n) is 1.31. The van der Waals surface area contributed by atoms with Crippen LogP contribution >= 0.6 is 11.6 Å². The molecule has 0 amide bonds. The van der Waals surface area contributed by atoms with Crippen LogP contribution in [0.3, 0.4) is 0 Å². The molecule has 2 heteroatoms. The molecule has 0 unspecified atom stereocenters. The molecule has 0 bridgehead atoms. The van der Waals surface area contributed by atoms with Gasteiger partial charge in [-0.25, -0.2) is 4.42 Å². The maximum absolute atomic E-state index is 5.87. The highest BCUT2D eigenvalue weighted by Gasteiger charge is 2.11. The van der Waals surface area contributed by atoms with Gasteiger partial charge in [0.1, 0.15) is 0 Å². The van der Waals surface area contributed by atoms with Crippen LogP contribution in [0.1, 0.15) is 11.3 Å². The van der Waals surface area contributed by atoms with Crippen LogP contribution in [0.4, 0.5) is 0 Å². The van der Waals surface area contributed by atoms with Crippen LogP contribution in [0.5, 0.6) is 0 Å². The molecule has 0 radical (unpaired) electrons. The third-order valence-corrected chi connectivity index (χ3v) is 2.40. The van der Waals surface area contributed by atoms with Crippen LogP contribution in [0.15, 0.2) is 28.7 Å². The highest BCUT2D eigenvalue weighted by molar-refractivity contribution is 6.31. The zero-order valence-electron chi connectivity index (χ0n) is 7.60. The van der Waals surface area contributed by atoms with Gasteiger partial charge in [-0.2, -0.15) is 0 Å². The van der Waals surface area contributed by atoms with Crippen molar-refractivity contribution in [2.24, 2.45) is 0 Å². The minimum absolute atomic E-state index is 0.742. The molecule has 0 saturated heterocycles. The maximum Gasteiger partial charge on any atom is 0.360 e. The van der Waals surface area contributed by atoms with Crippen molar-refractivity contribution in [3.05, 3.63) is 40.6 Å². The first-order chi connectivity index (χ1) is 6.16. The van der Waals surface area contributed by atoms with Crippen molar-refractivity contribution >= 4 is 22.6 Å². The van der Waals surface area contributed by atoms with E-state index < -0.39 is 0 Å². The summed E-state index contributed by atoms with van der Waals surface area (Å²) in [5.41, 5.74) is 2.03. The molecular formula is C11H10ClO+. The molecule has 0 N–H and O–H groups in total. The molecule has 2 rings (SSSR count). The van der Waals surface area contributed by atoms with Crippen LogP contribution < -0.4 is 0 Å². The van der Waals surface area contributed by atoms with E-state index in [1.54, 1.807) is 0 Å². The summed E-state index contributed by atoms with van der Waals surface area (Å²) in [6.07, 6.45) is 0. The molecule has 1 aromatic heterocycles. The summed E-state index contributed by atoms with van der Waals surface area (Å²) in [5, 5.41) is 1.79. The summed E-state index contributed by atoms with van der Waals surface area (Å²) in [6.45, 7) is 3.99. The van der Waals surface area contributed by atoms with Gasteiger partial charge in [0.25, 0.3) is 0 Å². The predicted octanol–water partition coefficient (Wildman–Crippen LogP) is 3.98. The fourth-order valence-corrected chi connectivity index (χ4v) is 1.49. The molecule has 1 heterocycles. The second-order valence-corrected chi connectivity index (χ2v) is 3.60. The van der Waals surface area contributed by atoms with Crippen LogP contribution in [0.2, 0.25) is 5.02 Å². The summed E-state index contributed by atoms with van der Waals surface area (Å²) < 4.78 is 5.59.